The first-order chi connectivity index (χ1) is 16.5. The van der Waals surface area contributed by atoms with Crippen LogP contribution in [0.1, 0.15) is 113 Å². The van der Waals surface area contributed by atoms with Crippen molar-refractivity contribution in [1.82, 2.24) is 0 Å². The van der Waals surface area contributed by atoms with Crippen LogP contribution in [0.2, 0.25) is 0 Å². The predicted octanol–water partition coefficient (Wildman–Crippen LogP) is 9.77. The molecule has 2 heteroatoms. The Morgan fingerprint density at radius 3 is 1.25 bits per heavy atom. The molecule has 0 aliphatic rings. The predicted molar refractivity (Wildman–Crippen MR) is 157 cm³/mol. The lowest BCUT2D eigenvalue weighted by atomic mass is 9.54. The molecule has 208 valence electrons. The Bertz CT molecular complexity index is 794. The van der Waals surface area contributed by atoms with E-state index in [2.05, 4.69) is 109 Å². The molecule has 0 saturated carbocycles. The quantitative estimate of drug-likeness (QED) is 0.252. The number of hydrogen-bond donors (Lipinski definition) is 0. The normalized spacial score (nSPS) is 21.6. The molecule has 0 aliphatic heterocycles. The summed E-state index contributed by atoms with van der Waals surface area (Å²) in [5.41, 5.74) is 1.95. The fourth-order valence-electron chi connectivity index (χ4n) is 6.68. The summed E-state index contributed by atoms with van der Waals surface area (Å²) in [5.74, 6) is 6.51. The molecule has 1 aromatic rings. The lowest BCUT2D eigenvalue weighted by molar-refractivity contribution is 0.0457. The van der Waals surface area contributed by atoms with Gasteiger partial charge in [-0.3, -0.25) is 0 Å². The summed E-state index contributed by atoms with van der Waals surface area (Å²) in [7, 11) is 1.45. The topological polar surface area (TPSA) is 26.3 Å². The maximum Gasteiger partial charge on any atom is 0.337 e. The zero-order valence-corrected chi connectivity index (χ0v) is 26.5. The molecule has 10 unspecified atom stereocenters. The largest absolute Gasteiger partial charge is 0.465 e. The molecule has 10 atom stereocenters. The summed E-state index contributed by atoms with van der Waals surface area (Å²) >= 11 is 0. The maximum absolute atomic E-state index is 12.1. The number of esters is 1. The highest BCUT2D eigenvalue weighted by Crippen LogP contribution is 2.50. The molecule has 1 rings (SSSR count). The van der Waals surface area contributed by atoms with Crippen molar-refractivity contribution in [3.8, 4) is 0 Å². The standard InChI is InChI=1S/C34H60O2/c1-20(2)22(5)24(7)26(9)28(11)30(13)34(14,29(12)27(10)25(8)23(6)21(3)4)32-18-16-31(17-19-32)33(35)36-15/h16-30H,1-15H3. The number of carbonyl (C=O) groups is 1. The van der Waals surface area contributed by atoms with Gasteiger partial charge in [0.25, 0.3) is 0 Å². The van der Waals surface area contributed by atoms with Gasteiger partial charge in [0.1, 0.15) is 0 Å². The molecule has 0 amide bonds. The third-order valence-electron chi connectivity index (χ3n) is 11.6. The van der Waals surface area contributed by atoms with Gasteiger partial charge in [-0.2, -0.15) is 0 Å². The molecule has 0 fully saturated rings. The van der Waals surface area contributed by atoms with Crippen LogP contribution in [0.25, 0.3) is 0 Å². The van der Waals surface area contributed by atoms with Crippen LogP contribution in [0, 0.1) is 65.1 Å². The highest BCUT2D eigenvalue weighted by molar-refractivity contribution is 5.89. The highest BCUT2D eigenvalue weighted by Gasteiger charge is 2.46. The molecule has 0 saturated heterocycles. The van der Waals surface area contributed by atoms with Gasteiger partial charge in [0.05, 0.1) is 12.7 Å². The Balaban J connectivity index is 3.53. The first-order valence-corrected chi connectivity index (χ1v) is 14.7. The minimum Gasteiger partial charge on any atom is -0.465 e. The molecular weight excluding hydrogens is 440 g/mol. The van der Waals surface area contributed by atoms with E-state index in [0.29, 0.717) is 70.7 Å². The number of methoxy groups -OCH3 is 1. The number of ether oxygens (including phenoxy) is 1. The second-order valence-electron chi connectivity index (χ2n) is 13.4. The molecule has 0 aromatic heterocycles. The number of benzene rings is 1. The van der Waals surface area contributed by atoms with E-state index in [-0.39, 0.29) is 11.4 Å². The zero-order valence-electron chi connectivity index (χ0n) is 26.5. The van der Waals surface area contributed by atoms with Crippen LogP contribution in [-0.4, -0.2) is 13.1 Å². The lowest BCUT2D eigenvalue weighted by Crippen LogP contribution is -2.46. The molecule has 0 aliphatic carbocycles. The van der Waals surface area contributed by atoms with E-state index >= 15 is 0 Å². The molecular formula is C34H60O2. The summed E-state index contributed by atoms with van der Waals surface area (Å²) in [4.78, 5) is 12.1. The molecule has 0 heterocycles. The second kappa shape index (κ2) is 13.5. The van der Waals surface area contributed by atoms with Crippen molar-refractivity contribution in [3.63, 3.8) is 0 Å². The number of rotatable bonds is 13. The van der Waals surface area contributed by atoms with Gasteiger partial charge in [-0.25, -0.2) is 4.79 Å². The van der Waals surface area contributed by atoms with E-state index in [4.69, 9.17) is 4.74 Å². The van der Waals surface area contributed by atoms with Gasteiger partial charge in [0.2, 0.25) is 0 Å². The summed E-state index contributed by atoms with van der Waals surface area (Å²) in [6.45, 7) is 34.1. The minimum absolute atomic E-state index is 0.0203. The molecule has 36 heavy (non-hydrogen) atoms. The summed E-state index contributed by atoms with van der Waals surface area (Å²) in [5, 5.41) is 0. The van der Waals surface area contributed by atoms with Crippen molar-refractivity contribution < 1.29 is 9.53 Å². The first kappa shape index (κ1) is 32.7. The van der Waals surface area contributed by atoms with Crippen LogP contribution in [0.4, 0.5) is 0 Å². The van der Waals surface area contributed by atoms with E-state index in [1.165, 1.54) is 12.7 Å². The Morgan fingerprint density at radius 2 is 0.917 bits per heavy atom. The highest BCUT2D eigenvalue weighted by atomic mass is 16.5. The number of hydrogen-bond acceptors (Lipinski definition) is 2. The molecule has 0 N–H and O–H groups in total. The van der Waals surface area contributed by atoms with Crippen LogP contribution < -0.4 is 0 Å². The number of carbonyl (C=O) groups excluding carboxylic acids is 1. The summed E-state index contributed by atoms with van der Waals surface area (Å²) < 4.78 is 4.97. The van der Waals surface area contributed by atoms with Gasteiger partial charge in [0, 0.05) is 0 Å². The Hall–Kier alpha value is -1.31. The average molecular weight is 501 g/mol. The molecule has 0 spiro atoms. The van der Waals surface area contributed by atoms with Crippen molar-refractivity contribution in [2.24, 2.45) is 65.1 Å². The van der Waals surface area contributed by atoms with Gasteiger partial charge in [-0.05, 0) is 88.2 Å². The van der Waals surface area contributed by atoms with Crippen LogP contribution in [0.3, 0.4) is 0 Å². The maximum atomic E-state index is 12.1. The fraction of sp³-hybridized carbons (Fsp3) is 0.794. The lowest BCUT2D eigenvalue weighted by Gasteiger charge is -2.50. The SMILES string of the molecule is COC(=O)c1ccc(C(C)(C(C)C(C)C(C)C(C)C(C)C)C(C)C(C)C(C)C(C)C(C)C(C)C)cc1. The van der Waals surface area contributed by atoms with Crippen molar-refractivity contribution in [3.05, 3.63) is 35.4 Å². The summed E-state index contributed by atoms with van der Waals surface area (Å²) in [6, 6.07) is 8.31. The third kappa shape index (κ3) is 6.96. The Morgan fingerprint density at radius 1 is 0.583 bits per heavy atom. The molecule has 0 bridgehead atoms. The second-order valence-corrected chi connectivity index (χ2v) is 13.4. The van der Waals surface area contributed by atoms with Crippen LogP contribution in [-0.2, 0) is 10.2 Å². The van der Waals surface area contributed by atoms with E-state index in [9.17, 15) is 4.79 Å². The Labute approximate surface area is 225 Å². The Kier molecular flexibility index (Phi) is 12.2. The van der Waals surface area contributed by atoms with Gasteiger partial charge in [0.15, 0.2) is 0 Å². The van der Waals surface area contributed by atoms with E-state index in [1.54, 1.807) is 0 Å². The van der Waals surface area contributed by atoms with Crippen molar-refractivity contribution in [2.45, 2.75) is 102 Å². The monoisotopic (exact) mass is 500 g/mol. The van der Waals surface area contributed by atoms with Gasteiger partial charge < -0.3 is 4.74 Å². The molecule has 1 aromatic carbocycles. The van der Waals surface area contributed by atoms with Crippen LogP contribution in [0.5, 0.6) is 0 Å². The third-order valence-corrected chi connectivity index (χ3v) is 11.6. The van der Waals surface area contributed by atoms with E-state index in [1.807, 2.05) is 12.1 Å². The molecule has 0 radical (unpaired) electrons. The zero-order chi connectivity index (χ0) is 28.1. The van der Waals surface area contributed by atoms with Gasteiger partial charge >= 0.3 is 5.97 Å². The molecule has 2 nitrogen and oxygen atoms in total. The fourth-order valence-corrected chi connectivity index (χ4v) is 6.68. The van der Waals surface area contributed by atoms with E-state index in [0.717, 1.165) is 0 Å². The van der Waals surface area contributed by atoms with Crippen molar-refractivity contribution in [1.29, 1.82) is 0 Å². The van der Waals surface area contributed by atoms with Gasteiger partial charge in [-0.1, -0.05) is 109 Å². The average Bonchev–Trinajstić information content (AvgIpc) is 2.87. The smallest absolute Gasteiger partial charge is 0.337 e. The van der Waals surface area contributed by atoms with Crippen molar-refractivity contribution in [2.75, 3.05) is 7.11 Å². The van der Waals surface area contributed by atoms with Gasteiger partial charge in [-0.15, -0.1) is 0 Å². The van der Waals surface area contributed by atoms with Crippen molar-refractivity contribution >= 4 is 5.97 Å². The minimum atomic E-state index is -0.268. The summed E-state index contributed by atoms with van der Waals surface area (Å²) in [6.07, 6.45) is 0. The van der Waals surface area contributed by atoms with Crippen LogP contribution in [0.15, 0.2) is 24.3 Å². The first-order valence-electron chi connectivity index (χ1n) is 14.7. The van der Waals surface area contributed by atoms with E-state index < -0.39 is 0 Å². The van der Waals surface area contributed by atoms with Crippen LogP contribution >= 0.6 is 0 Å².